The molecule has 0 aromatic heterocycles. The van der Waals surface area contributed by atoms with E-state index in [0.29, 0.717) is 13.1 Å². The van der Waals surface area contributed by atoms with E-state index >= 15 is 0 Å². The molecule has 7 heteroatoms. The summed E-state index contributed by atoms with van der Waals surface area (Å²) in [6.45, 7) is 4.81. The second-order valence-corrected chi connectivity index (χ2v) is 6.85. The first-order valence-corrected chi connectivity index (χ1v) is 9.33. The second-order valence-electron chi connectivity index (χ2n) is 6.85. The molecule has 2 aromatic rings. The van der Waals surface area contributed by atoms with Crippen molar-refractivity contribution in [2.45, 2.75) is 13.1 Å². The van der Waals surface area contributed by atoms with Crippen LogP contribution in [-0.2, 0) is 6.18 Å². The number of aryl methyl sites for hydroxylation is 1. The Hall–Kier alpha value is -3.14. The van der Waals surface area contributed by atoms with E-state index in [2.05, 4.69) is 34.2 Å². The molecular formula is C22H22F3N3O. The number of nitrogens with zero attached hydrogens (tertiary/aromatic N) is 2. The van der Waals surface area contributed by atoms with Crippen LogP contribution in [0, 0.1) is 18.8 Å². The molecule has 0 unspecified atom stereocenters. The smallest absolute Gasteiger partial charge is 0.368 e. The third-order valence-electron chi connectivity index (χ3n) is 4.68. The summed E-state index contributed by atoms with van der Waals surface area (Å²) in [5.74, 6) is 5.36. The minimum absolute atomic E-state index is 0.0766. The highest BCUT2D eigenvalue weighted by Gasteiger charge is 2.30. The molecule has 2 aromatic carbocycles. The van der Waals surface area contributed by atoms with Crippen molar-refractivity contribution < 1.29 is 18.0 Å². The molecular weight excluding hydrogens is 379 g/mol. The highest BCUT2D eigenvalue weighted by molar-refractivity contribution is 5.75. The van der Waals surface area contributed by atoms with Gasteiger partial charge in [-0.15, -0.1) is 0 Å². The summed E-state index contributed by atoms with van der Waals surface area (Å²) in [6.07, 6.45) is -4.40. The standard InChI is InChI=1S/C22H22F3N3O/c1-17-5-2-9-20(15-17)27-11-13-28(14-12-27)21(29)26-10-4-7-18-6-3-8-19(16-18)22(23,24)25/h2-3,5-6,8-9,15-16H,10-14H2,1H3,(H,26,29). The van der Waals surface area contributed by atoms with Crippen molar-refractivity contribution >= 4 is 11.7 Å². The lowest BCUT2D eigenvalue weighted by Crippen LogP contribution is -2.52. The molecule has 0 radical (unpaired) electrons. The molecule has 3 rings (SSSR count). The lowest BCUT2D eigenvalue weighted by molar-refractivity contribution is -0.137. The third kappa shape index (κ3) is 5.67. The largest absolute Gasteiger partial charge is 0.416 e. The van der Waals surface area contributed by atoms with Gasteiger partial charge in [0.15, 0.2) is 0 Å². The van der Waals surface area contributed by atoms with Crippen LogP contribution in [0.3, 0.4) is 0 Å². The summed E-state index contributed by atoms with van der Waals surface area (Å²) >= 11 is 0. The number of halogens is 3. The Labute approximate surface area is 168 Å². The van der Waals surface area contributed by atoms with Crippen LogP contribution >= 0.6 is 0 Å². The number of carbonyl (C=O) groups excluding carboxylic acids is 1. The SMILES string of the molecule is Cc1cccc(N2CCN(C(=O)NCC#Cc3cccc(C(F)(F)F)c3)CC2)c1. The number of hydrogen-bond acceptors (Lipinski definition) is 2. The molecule has 1 heterocycles. The summed E-state index contributed by atoms with van der Waals surface area (Å²) in [4.78, 5) is 16.2. The molecule has 1 N–H and O–H groups in total. The molecule has 152 valence electrons. The van der Waals surface area contributed by atoms with Crippen molar-refractivity contribution in [1.82, 2.24) is 10.2 Å². The fourth-order valence-corrected chi connectivity index (χ4v) is 3.14. The minimum atomic E-state index is -4.40. The topological polar surface area (TPSA) is 35.6 Å². The first-order chi connectivity index (χ1) is 13.8. The molecule has 0 spiro atoms. The maximum Gasteiger partial charge on any atom is 0.416 e. The van der Waals surface area contributed by atoms with E-state index in [0.717, 1.165) is 30.9 Å². The average molecular weight is 401 g/mol. The molecule has 0 bridgehead atoms. The number of urea groups is 1. The molecule has 0 aliphatic carbocycles. The van der Waals surface area contributed by atoms with E-state index in [4.69, 9.17) is 0 Å². The fraction of sp³-hybridized carbons (Fsp3) is 0.318. The zero-order valence-electron chi connectivity index (χ0n) is 16.1. The van der Waals surface area contributed by atoms with E-state index < -0.39 is 11.7 Å². The van der Waals surface area contributed by atoms with Crippen molar-refractivity contribution in [3.63, 3.8) is 0 Å². The quantitative estimate of drug-likeness (QED) is 0.775. The van der Waals surface area contributed by atoms with E-state index in [9.17, 15) is 18.0 Å². The van der Waals surface area contributed by atoms with Crippen molar-refractivity contribution in [3.8, 4) is 11.8 Å². The van der Waals surface area contributed by atoms with Gasteiger partial charge in [-0.1, -0.05) is 30.0 Å². The van der Waals surface area contributed by atoms with Gasteiger partial charge in [-0.05, 0) is 42.8 Å². The Kier molecular flexibility index (Phi) is 6.32. The van der Waals surface area contributed by atoms with Crippen LogP contribution in [0.1, 0.15) is 16.7 Å². The Morgan fingerprint density at radius 2 is 1.79 bits per heavy atom. The number of rotatable bonds is 2. The fourth-order valence-electron chi connectivity index (χ4n) is 3.14. The van der Waals surface area contributed by atoms with Crippen LogP contribution in [0.5, 0.6) is 0 Å². The molecule has 1 aliphatic rings. The molecule has 2 amide bonds. The highest BCUT2D eigenvalue weighted by Crippen LogP contribution is 2.29. The second kappa shape index (κ2) is 8.91. The van der Waals surface area contributed by atoms with E-state index in [1.165, 1.54) is 17.7 Å². The molecule has 0 atom stereocenters. The number of hydrogen-bond donors (Lipinski definition) is 1. The Morgan fingerprint density at radius 1 is 1.07 bits per heavy atom. The van der Waals surface area contributed by atoms with Crippen LogP contribution in [0.15, 0.2) is 48.5 Å². The van der Waals surface area contributed by atoms with Gasteiger partial charge >= 0.3 is 12.2 Å². The number of nitrogens with one attached hydrogen (secondary N) is 1. The van der Waals surface area contributed by atoms with Gasteiger partial charge in [0.1, 0.15) is 0 Å². The molecule has 1 aliphatic heterocycles. The van der Waals surface area contributed by atoms with Crippen LogP contribution in [0.2, 0.25) is 0 Å². The van der Waals surface area contributed by atoms with Gasteiger partial charge in [0, 0.05) is 37.4 Å². The molecule has 0 saturated carbocycles. The number of piperazine rings is 1. The van der Waals surface area contributed by atoms with Crippen LogP contribution in [0.25, 0.3) is 0 Å². The molecule has 1 saturated heterocycles. The predicted molar refractivity (Wildman–Crippen MR) is 107 cm³/mol. The Morgan fingerprint density at radius 3 is 2.48 bits per heavy atom. The number of anilines is 1. The van der Waals surface area contributed by atoms with Gasteiger partial charge in [0.25, 0.3) is 0 Å². The van der Waals surface area contributed by atoms with Crippen molar-refractivity contribution in [2.75, 3.05) is 37.6 Å². The van der Waals surface area contributed by atoms with Crippen LogP contribution in [-0.4, -0.2) is 43.7 Å². The first-order valence-electron chi connectivity index (χ1n) is 9.33. The Balaban J connectivity index is 1.47. The predicted octanol–water partition coefficient (Wildman–Crippen LogP) is 3.90. The van der Waals surface area contributed by atoms with Gasteiger partial charge < -0.3 is 15.1 Å². The number of alkyl halides is 3. The highest BCUT2D eigenvalue weighted by atomic mass is 19.4. The first kappa shape index (κ1) is 20.6. The molecule has 29 heavy (non-hydrogen) atoms. The van der Waals surface area contributed by atoms with Gasteiger partial charge in [-0.3, -0.25) is 0 Å². The van der Waals surface area contributed by atoms with Crippen molar-refractivity contribution in [1.29, 1.82) is 0 Å². The summed E-state index contributed by atoms with van der Waals surface area (Å²) in [5, 5.41) is 2.70. The third-order valence-corrected chi connectivity index (χ3v) is 4.68. The summed E-state index contributed by atoms with van der Waals surface area (Å²) in [7, 11) is 0. The summed E-state index contributed by atoms with van der Waals surface area (Å²) in [6, 6.07) is 12.9. The monoisotopic (exact) mass is 401 g/mol. The van der Waals surface area contributed by atoms with Crippen LogP contribution < -0.4 is 10.2 Å². The van der Waals surface area contributed by atoms with Gasteiger partial charge in [0.2, 0.25) is 0 Å². The molecule has 1 fully saturated rings. The number of amides is 2. The zero-order chi connectivity index (χ0) is 20.9. The van der Waals surface area contributed by atoms with Gasteiger partial charge in [-0.2, -0.15) is 13.2 Å². The lowest BCUT2D eigenvalue weighted by atomic mass is 10.1. The van der Waals surface area contributed by atoms with Crippen molar-refractivity contribution in [2.24, 2.45) is 0 Å². The van der Waals surface area contributed by atoms with Crippen molar-refractivity contribution in [3.05, 3.63) is 65.2 Å². The zero-order valence-corrected chi connectivity index (χ0v) is 16.1. The lowest BCUT2D eigenvalue weighted by Gasteiger charge is -2.36. The molecule has 4 nitrogen and oxygen atoms in total. The maximum absolute atomic E-state index is 12.7. The normalized spacial score (nSPS) is 14.2. The number of benzene rings is 2. The van der Waals surface area contributed by atoms with Gasteiger partial charge in [-0.25, -0.2) is 4.79 Å². The van der Waals surface area contributed by atoms with E-state index in [-0.39, 0.29) is 18.1 Å². The number of carbonyl (C=O) groups is 1. The average Bonchev–Trinajstić information content (AvgIpc) is 2.71. The summed E-state index contributed by atoms with van der Waals surface area (Å²) in [5.41, 5.74) is 1.87. The Bertz CT molecular complexity index is 923. The van der Waals surface area contributed by atoms with Crippen LogP contribution in [0.4, 0.5) is 23.7 Å². The van der Waals surface area contributed by atoms with Gasteiger partial charge in [0.05, 0.1) is 12.1 Å². The minimum Gasteiger partial charge on any atom is -0.368 e. The maximum atomic E-state index is 12.7. The van der Waals surface area contributed by atoms with E-state index in [1.54, 1.807) is 4.90 Å². The summed E-state index contributed by atoms with van der Waals surface area (Å²) < 4.78 is 38.1. The van der Waals surface area contributed by atoms with E-state index in [1.807, 2.05) is 19.1 Å².